The van der Waals surface area contributed by atoms with Gasteiger partial charge in [0.1, 0.15) is 17.2 Å². The number of hydrazine groups is 1. The van der Waals surface area contributed by atoms with E-state index in [1.165, 1.54) is 30.3 Å². The Balaban J connectivity index is 1.91. The van der Waals surface area contributed by atoms with Crippen molar-refractivity contribution in [3.05, 3.63) is 45.9 Å². The van der Waals surface area contributed by atoms with E-state index in [-0.39, 0.29) is 38.5 Å². The second-order valence-electron chi connectivity index (χ2n) is 6.98. The van der Waals surface area contributed by atoms with Gasteiger partial charge in [0, 0.05) is 19.2 Å². The molecular formula is C18H21Cl2N2O7PS. The molecule has 13 heteroatoms. The first-order valence-corrected chi connectivity index (χ1v) is 12.9. The summed E-state index contributed by atoms with van der Waals surface area (Å²) in [5.41, 5.74) is 0.319. The number of anilines is 1. The van der Waals surface area contributed by atoms with E-state index in [1.54, 1.807) is 5.01 Å². The summed E-state index contributed by atoms with van der Waals surface area (Å²) in [6, 6.07) is 6.81. The van der Waals surface area contributed by atoms with Crippen LogP contribution in [-0.2, 0) is 22.0 Å². The van der Waals surface area contributed by atoms with Crippen LogP contribution in [0.4, 0.5) is 5.69 Å². The van der Waals surface area contributed by atoms with Gasteiger partial charge in [-0.15, -0.1) is 0 Å². The molecule has 2 aromatic rings. The van der Waals surface area contributed by atoms with E-state index in [9.17, 15) is 18.4 Å². The predicted octanol–water partition coefficient (Wildman–Crippen LogP) is 4.51. The van der Waals surface area contributed by atoms with Crippen LogP contribution in [0.2, 0.25) is 10.0 Å². The van der Waals surface area contributed by atoms with Crippen LogP contribution in [0.1, 0.15) is 24.8 Å². The first-order valence-electron chi connectivity index (χ1n) is 9.24. The van der Waals surface area contributed by atoms with Crippen molar-refractivity contribution in [3.63, 3.8) is 0 Å². The molecule has 1 heterocycles. The van der Waals surface area contributed by atoms with Gasteiger partial charge in [-0.1, -0.05) is 29.6 Å². The zero-order valence-corrected chi connectivity index (χ0v) is 19.4. The van der Waals surface area contributed by atoms with Crippen molar-refractivity contribution >= 4 is 47.8 Å². The lowest BCUT2D eigenvalue weighted by Gasteiger charge is -2.35. The van der Waals surface area contributed by atoms with E-state index in [0.717, 1.165) is 23.7 Å². The Morgan fingerprint density at radius 1 is 1.10 bits per heavy atom. The molecule has 0 bridgehead atoms. The number of rotatable bonds is 7. The molecule has 1 aliphatic rings. The van der Waals surface area contributed by atoms with Crippen molar-refractivity contribution < 1.29 is 33.0 Å². The molecule has 1 unspecified atom stereocenters. The molecule has 2 aromatic carbocycles. The normalized spacial score (nSPS) is 16.2. The number of phenols is 1. The number of piperidine rings is 1. The van der Waals surface area contributed by atoms with Gasteiger partial charge in [0.05, 0.1) is 16.2 Å². The van der Waals surface area contributed by atoms with E-state index in [0.29, 0.717) is 13.1 Å². The van der Waals surface area contributed by atoms with E-state index < -0.39 is 25.0 Å². The molecule has 0 aromatic heterocycles. The third-order valence-corrected chi connectivity index (χ3v) is 6.62. The molecular weight excluding hydrogens is 490 g/mol. The van der Waals surface area contributed by atoms with E-state index in [4.69, 9.17) is 37.7 Å². The molecule has 0 amide bonds. The Labute approximate surface area is 191 Å². The molecule has 1 aliphatic heterocycles. The van der Waals surface area contributed by atoms with Gasteiger partial charge in [-0.3, -0.25) is 9.12 Å². The number of halogens is 2. The molecule has 0 spiro atoms. The Hall–Kier alpha value is -1.36. The summed E-state index contributed by atoms with van der Waals surface area (Å²) in [5, 5.41) is 12.1. The van der Waals surface area contributed by atoms with Crippen LogP contribution in [0, 0.1) is 0 Å². The largest absolute Gasteiger partial charge is 0.506 e. The number of aromatic hydroxyl groups is 1. The monoisotopic (exact) mass is 510 g/mol. The van der Waals surface area contributed by atoms with Gasteiger partial charge in [-0.25, -0.2) is 9.22 Å². The van der Waals surface area contributed by atoms with E-state index in [1.807, 2.05) is 0 Å². The van der Waals surface area contributed by atoms with E-state index >= 15 is 0 Å². The Morgan fingerprint density at radius 3 is 2.26 bits per heavy atom. The average Bonchev–Trinajstić information content (AvgIpc) is 2.66. The molecule has 0 radical (unpaired) electrons. The van der Waals surface area contributed by atoms with Gasteiger partial charge < -0.3 is 19.6 Å². The third-order valence-electron chi connectivity index (χ3n) is 4.56. The molecule has 1 fully saturated rings. The summed E-state index contributed by atoms with van der Waals surface area (Å²) < 4.78 is 39.9. The lowest BCUT2D eigenvalue weighted by Crippen LogP contribution is -2.46. The van der Waals surface area contributed by atoms with Crippen LogP contribution in [0.15, 0.2) is 30.3 Å². The molecule has 31 heavy (non-hydrogen) atoms. The molecule has 3 rings (SSSR count). The molecule has 1 saturated heterocycles. The Morgan fingerprint density at radius 2 is 1.71 bits per heavy atom. The second-order valence-corrected chi connectivity index (χ2v) is 10.2. The van der Waals surface area contributed by atoms with Gasteiger partial charge in [-0.05, 0) is 42.7 Å². The maximum absolute atomic E-state index is 12.0. The van der Waals surface area contributed by atoms with Crippen molar-refractivity contribution in [2.24, 2.45) is 0 Å². The maximum atomic E-state index is 12.0. The zero-order chi connectivity index (χ0) is 22.8. The fourth-order valence-corrected chi connectivity index (χ4v) is 5.21. The third kappa shape index (κ3) is 6.34. The van der Waals surface area contributed by atoms with Gasteiger partial charge in [0.15, 0.2) is 5.75 Å². The van der Waals surface area contributed by atoms with Crippen molar-refractivity contribution in [1.82, 2.24) is 5.01 Å². The first kappa shape index (κ1) is 24.3. The highest BCUT2D eigenvalue weighted by molar-refractivity contribution is 7.80. The number of benzene rings is 2. The maximum Gasteiger partial charge on any atom is 0.329 e. The van der Waals surface area contributed by atoms with Crippen molar-refractivity contribution in [3.8, 4) is 17.2 Å². The van der Waals surface area contributed by atoms with Crippen LogP contribution in [-0.4, -0.2) is 41.8 Å². The van der Waals surface area contributed by atoms with Gasteiger partial charge in [0.2, 0.25) is 0 Å². The molecule has 0 aliphatic carbocycles. The highest BCUT2D eigenvalue weighted by Crippen LogP contribution is 2.44. The standard InChI is InChI=1S/C18H21Cl2N2O7PS/c19-14-8-12(11-30(24,25)26)9-15(20)18(14)29-13-4-5-17(23)16(10-13)22(31(27)28)21-6-2-1-3-7-21/h4-5,8-10,23H,1-3,6-7,11H2,(H,27,28)(H2,24,25,26). The van der Waals surface area contributed by atoms with Crippen LogP contribution < -0.4 is 9.15 Å². The van der Waals surface area contributed by atoms with E-state index in [2.05, 4.69) is 0 Å². The highest BCUT2D eigenvalue weighted by atomic mass is 35.5. The Bertz CT molecular complexity index is 1010. The summed E-state index contributed by atoms with van der Waals surface area (Å²) >= 11 is 9.98. The molecule has 1 atom stereocenters. The molecule has 0 saturated carbocycles. The van der Waals surface area contributed by atoms with Crippen LogP contribution in [0.3, 0.4) is 0 Å². The fourth-order valence-electron chi connectivity index (χ4n) is 3.27. The van der Waals surface area contributed by atoms with Crippen LogP contribution in [0.25, 0.3) is 0 Å². The van der Waals surface area contributed by atoms with Gasteiger partial charge in [-0.2, -0.15) is 4.41 Å². The fraction of sp³-hybridized carbons (Fsp3) is 0.333. The molecule has 9 nitrogen and oxygen atoms in total. The lowest BCUT2D eigenvalue weighted by atomic mass is 10.2. The summed E-state index contributed by atoms with van der Waals surface area (Å²) in [6.07, 6.45) is 2.21. The van der Waals surface area contributed by atoms with Gasteiger partial charge >= 0.3 is 7.60 Å². The van der Waals surface area contributed by atoms with Crippen LogP contribution >= 0.6 is 30.8 Å². The minimum absolute atomic E-state index is 0.0317. The highest BCUT2D eigenvalue weighted by Gasteiger charge is 2.26. The smallest absolute Gasteiger partial charge is 0.329 e. The number of hydrogen-bond donors (Lipinski definition) is 4. The quantitative estimate of drug-likeness (QED) is 0.316. The predicted molar refractivity (Wildman–Crippen MR) is 119 cm³/mol. The first-order chi connectivity index (χ1) is 14.5. The number of ether oxygens (including phenoxy) is 1. The van der Waals surface area contributed by atoms with Crippen molar-refractivity contribution in [1.29, 1.82) is 0 Å². The Kier molecular flexibility index (Phi) is 7.88. The lowest BCUT2D eigenvalue weighted by molar-refractivity contribution is 0.237. The van der Waals surface area contributed by atoms with Crippen molar-refractivity contribution in [2.45, 2.75) is 25.4 Å². The zero-order valence-electron chi connectivity index (χ0n) is 16.1. The van der Waals surface area contributed by atoms with Gasteiger partial charge in [0.25, 0.3) is 11.3 Å². The topological polar surface area (TPSA) is 131 Å². The number of phenolic OH excluding ortho intramolecular Hbond substituents is 1. The molecule has 4 N–H and O–H groups in total. The molecule has 170 valence electrons. The number of nitrogens with zero attached hydrogens (tertiary/aromatic N) is 2. The SMILES string of the molecule is O=S(O)N(c1cc(Oc2c(Cl)cc(CP(=O)(O)O)cc2Cl)ccc1O)N1CCCCC1. The average molecular weight is 511 g/mol. The van der Waals surface area contributed by atoms with Crippen molar-refractivity contribution in [2.75, 3.05) is 17.5 Å². The summed E-state index contributed by atoms with van der Waals surface area (Å²) in [7, 11) is -4.30. The van der Waals surface area contributed by atoms with Crippen LogP contribution in [0.5, 0.6) is 17.2 Å². The minimum atomic E-state index is -4.30. The summed E-state index contributed by atoms with van der Waals surface area (Å²) in [5.74, 6) is 0.0189. The number of hydrogen-bond acceptors (Lipinski definition) is 5. The summed E-state index contributed by atoms with van der Waals surface area (Å²) in [4.78, 5) is 18.3. The summed E-state index contributed by atoms with van der Waals surface area (Å²) in [6.45, 7) is 1.13. The minimum Gasteiger partial charge on any atom is -0.506 e. The second kappa shape index (κ2) is 10.1.